The van der Waals surface area contributed by atoms with Gasteiger partial charge in [0.2, 0.25) is 0 Å². The Hall–Kier alpha value is -1.06. The van der Waals surface area contributed by atoms with E-state index < -0.39 is 0 Å². The second-order valence-electron chi connectivity index (χ2n) is 5.91. The Kier molecular flexibility index (Phi) is 5.83. The molecule has 0 heterocycles. The summed E-state index contributed by atoms with van der Waals surface area (Å²) in [6, 6.07) is 8.73. The van der Waals surface area contributed by atoms with Crippen LogP contribution in [0.3, 0.4) is 0 Å². The molecule has 0 bridgehead atoms. The number of benzene rings is 1. The van der Waals surface area contributed by atoms with Gasteiger partial charge in [-0.05, 0) is 52.9 Å². The lowest BCUT2D eigenvalue weighted by Crippen LogP contribution is -2.49. The summed E-state index contributed by atoms with van der Waals surface area (Å²) in [6.45, 7) is 7.72. The smallest absolute Gasteiger partial charge is 0.122 e. The fourth-order valence-electron chi connectivity index (χ4n) is 2.20. The molecule has 1 N–H and O–H groups in total. The van der Waals surface area contributed by atoms with E-state index in [1.165, 1.54) is 5.56 Å². The van der Waals surface area contributed by atoms with Crippen molar-refractivity contribution in [3.05, 3.63) is 29.8 Å². The zero-order valence-corrected chi connectivity index (χ0v) is 13.2. The van der Waals surface area contributed by atoms with Gasteiger partial charge in [0.15, 0.2) is 0 Å². The molecular formula is C16H28N2O. The van der Waals surface area contributed by atoms with Gasteiger partial charge in [0, 0.05) is 18.1 Å². The van der Waals surface area contributed by atoms with Crippen LogP contribution in [0.1, 0.15) is 26.3 Å². The fraction of sp³-hybridized carbons (Fsp3) is 0.625. The third kappa shape index (κ3) is 4.84. The van der Waals surface area contributed by atoms with Crippen molar-refractivity contribution in [1.29, 1.82) is 0 Å². The van der Waals surface area contributed by atoms with Crippen LogP contribution in [-0.2, 0) is 6.42 Å². The van der Waals surface area contributed by atoms with Crippen molar-refractivity contribution in [3.63, 3.8) is 0 Å². The Labute approximate surface area is 118 Å². The zero-order valence-electron chi connectivity index (χ0n) is 13.2. The molecule has 0 aliphatic carbocycles. The first-order valence-electron chi connectivity index (χ1n) is 6.90. The van der Waals surface area contributed by atoms with E-state index in [1.54, 1.807) is 7.11 Å². The maximum atomic E-state index is 5.42. The first-order valence-corrected chi connectivity index (χ1v) is 6.90. The predicted molar refractivity (Wildman–Crippen MR) is 81.9 cm³/mol. The monoisotopic (exact) mass is 264 g/mol. The third-order valence-electron chi connectivity index (χ3n) is 3.78. The Morgan fingerprint density at radius 3 is 2.53 bits per heavy atom. The molecule has 1 aromatic rings. The standard InChI is InChI=1S/C16H28N2O/c1-13(18(5)12-16(2,3)17-4)11-14-9-7-8-10-15(14)19-6/h7-10,13,17H,11-12H2,1-6H3. The van der Waals surface area contributed by atoms with Gasteiger partial charge in [0.25, 0.3) is 0 Å². The van der Waals surface area contributed by atoms with Crippen LogP contribution in [0.5, 0.6) is 5.75 Å². The van der Waals surface area contributed by atoms with Crippen LogP contribution in [0.4, 0.5) is 0 Å². The Balaban J connectivity index is 2.66. The Morgan fingerprint density at radius 2 is 1.95 bits per heavy atom. The first kappa shape index (κ1) is 16.0. The lowest BCUT2D eigenvalue weighted by molar-refractivity contribution is 0.194. The molecule has 0 aromatic heterocycles. The van der Waals surface area contributed by atoms with Crippen molar-refractivity contribution in [2.75, 3.05) is 27.7 Å². The van der Waals surface area contributed by atoms with E-state index in [0.717, 1.165) is 18.7 Å². The van der Waals surface area contributed by atoms with Crippen molar-refractivity contribution < 1.29 is 4.74 Å². The molecule has 1 rings (SSSR count). The average molecular weight is 264 g/mol. The van der Waals surface area contributed by atoms with E-state index in [0.29, 0.717) is 6.04 Å². The van der Waals surface area contributed by atoms with Crippen LogP contribution in [0.15, 0.2) is 24.3 Å². The van der Waals surface area contributed by atoms with Crippen molar-refractivity contribution in [1.82, 2.24) is 10.2 Å². The number of hydrogen-bond donors (Lipinski definition) is 1. The van der Waals surface area contributed by atoms with Crippen LogP contribution in [0.2, 0.25) is 0 Å². The van der Waals surface area contributed by atoms with Gasteiger partial charge in [-0.1, -0.05) is 18.2 Å². The van der Waals surface area contributed by atoms with Gasteiger partial charge in [-0.25, -0.2) is 0 Å². The zero-order chi connectivity index (χ0) is 14.5. The van der Waals surface area contributed by atoms with Crippen LogP contribution in [0, 0.1) is 0 Å². The van der Waals surface area contributed by atoms with Crippen LogP contribution in [-0.4, -0.2) is 44.2 Å². The molecule has 0 saturated heterocycles. The van der Waals surface area contributed by atoms with Crippen molar-refractivity contribution in [3.8, 4) is 5.75 Å². The number of methoxy groups -OCH3 is 1. The molecule has 0 amide bonds. The van der Waals surface area contributed by atoms with Gasteiger partial charge >= 0.3 is 0 Å². The summed E-state index contributed by atoms with van der Waals surface area (Å²) in [5.74, 6) is 0.982. The molecule has 19 heavy (non-hydrogen) atoms. The van der Waals surface area contributed by atoms with E-state index in [1.807, 2.05) is 19.2 Å². The molecule has 0 radical (unpaired) electrons. The van der Waals surface area contributed by atoms with Gasteiger partial charge in [-0.2, -0.15) is 0 Å². The second-order valence-corrected chi connectivity index (χ2v) is 5.91. The number of hydrogen-bond acceptors (Lipinski definition) is 3. The Morgan fingerprint density at radius 1 is 1.32 bits per heavy atom. The summed E-state index contributed by atoms with van der Waals surface area (Å²) >= 11 is 0. The molecule has 3 nitrogen and oxygen atoms in total. The molecule has 3 heteroatoms. The van der Waals surface area contributed by atoms with Crippen molar-refractivity contribution >= 4 is 0 Å². The van der Waals surface area contributed by atoms with Crippen LogP contribution >= 0.6 is 0 Å². The lowest BCUT2D eigenvalue weighted by atomic mass is 10.0. The van der Waals surface area contributed by atoms with Gasteiger partial charge in [0.05, 0.1) is 7.11 Å². The summed E-state index contributed by atoms with van der Waals surface area (Å²) in [7, 11) is 5.93. The summed E-state index contributed by atoms with van der Waals surface area (Å²) < 4.78 is 5.42. The third-order valence-corrected chi connectivity index (χ3v) is 3.78. The van der Waals surface area contributed by atoms with Gasteiger partial charge < -0.3 is 15.0 Å². The van der Waals surface area contributed by atoms with Gasteiger partial charge in [-0.3, -0.25) is 0 Å². The fourth-order valence-corrected chi connectivity index (χ4v) is 2.20. The number of likely N-dealkylation sites (N-methyl/N-ethyl adjacent to an activating group) is 2. The molecule has 108 valence electrons. The second kappa shape index (κ2) is 6.92. The molecule has 1 atom stereocenters. The van der Waals surface area contributed by atoms with E-state index in [-0.39, 0.29) is 5.54 Å². The van der Waals surface area contributed by atoms with Gasteiger partial charge in [0.1, 0.15) is 5.75 Å². The maximum Gasteiger partial charge on any atom is 0.122 e. The SMILES string of the molecule is CNC(C)(C)CN(C)C(C)Cc1ccccc1OC. The quantitative estimate of drug-likeness (QED) is 0.819. The molecule has 0 fully saturated rings. The number of nitrogens with zero attached hydrogens (tertiary/aromatic N) is 1. The summed E-state index contributed by atoms with van der Waals surface area (Å²) in [4.78, 5) is 2.39. The average Bonchev–Trinajstić information content (AvgIpc) is 2.38. The van der Waals surface area contributed by atoms with Crippen LogP contribution in [0.25, 0.3) is 0 Å². The van der Waals surface area contributed by atoms with Crippen molar-refractivity contribution in [2.24, 2.45) is 0 Å². The maximum absolute atomic E-state index is 5.42. The first-order chi connectivity index (χ1) is 8.89. The normalized spacial score (nSPS) is 13.6. The predicted octanol–water partition coefficient (Wildman–Crippen LogP) is 2.56. The largest absolute Gasteiger partial charge is 0.496 e. The Bertz CT molecular complexity index is 390. The molecular weight excluding hydrogens is 236 g/mol. The summed E-state index contributed by atoms with van der Waals surface area (Å²) in [5.41, 5.74) is 1.40. The topological polar surface area (TPSA) is 24.5 Å². The van der Waals surface area contributed by atoms with E-state index >= 15 is 0 Å². The number of ether oxygens (including phenoxy) is 1. The highest BCUT2D eigenvalue weighted by Crippen LogP contribution is 2.20. The van der Waals surface area contributed by atoms with E-state index in [4.69, 9.17) is 4.74 Å². The molecule has 0 spiro atoms. The minimum Gasteiger partial charge on any atom is -0.496 e. The molecule has 0 aliphatic rings. The molecule has 0 saturated carbocycles. The molecule has 1 unspecified atom stereocenters. The highest BCUT2D eigenvalue weighted by molar-refractivity contribution is 5.33. The number of para-hydroxylation sites is 1. The van der Waals surface area contributed by atoms with E-state index in [2.05, 4.69) is 50.2 Å². The minimum absolute atomic E-state index is 0.129. The van der Waals surface area contributed by atoms with Gasteiger partial charge in [-0.15, -0.1) is 0 Å². The molecule has 0 aliphatic heterocycles. The van der Waals surface area contributed by atoms with Crippen LogP contribution < -0.4 is 10.1 Å². The van der Waals surface area contributed by atoms with Crippen molar-refractivity contribution in [2.45, 2.75) is 38.8 Å². The lowest BCUT2D eigenvalue weighted by Gasteiger charge is -2.34. The summed E-state index contributed by atoms with van der Waals surface area (Å²) in [6.07, 6.45) is 1.00. The minimum atomic E-state index is 0.129. The summed E-state index contributed by atoms with van der Waals surface area (Å²) in [5, 5.41) is 3.35. The number of rotatable bonds is 7. The molecule has 1 aromatic carbocycles. The highest BCUT2D eigenvalue weighted by Gasteiger charge is 2.21. The van der Waals surface area contributed by atoms with E-state index in [9.17, 15) is 0 Å². The number of nitrogens with one attached hydrogen (secondary N) is 1. The highest BCUT2D eigenvalue weighted by atomic mass is 16.5.